The van der Waals surface area contributed by atoms with Crippen LogP contribution >= 0.6 is 23.2 Å². The summed E-state index contributed by atoms with van der Waals surface area (Å²) in [6.45, 7) is 2.17. The first-order valence-corrected chi connectivity index (χ1v) is 11.1. The summed E-state index contributed by atoms with van der Waals surface area (Å²) in [6, 6.07) is 10.2. The molecular weight excluding hydrogens is 451 g/mol. The molecule has 30 heavy (non-hydrogen) atoms. The highest BCUT2D eigenvalue weighted by atomic mass is 35.5. The van der Waals surface area contributed by atoms with Crippen LogP contribution in [0.1, 0.15) is 28.5 Å². The van der Waals surface area contributed by atoms with E-state index in [4.69, 9.17) is 27.7 Å². The molecule has 0 bridgehead atoms. The minimum atomic E-state index is -3.93. The van der Waals surface area contributed by atoms with Crippen LogP contribution in [0.2, 0.25) is 10.0 Å². The van der Waals surface area contributed by atoms with E-state index in [0.717, 1.165) is 0 Å². The van der Waals surface area contributed by atoms with E-state index in [-0.39, 0.29) is 26.5 Å². The van der Waals surface area contributed by atoms with Crippen LogP contribution in [0.25, 0.3) is 0 Å². The molecule has 0 aliphatic rings. The van der Waals surface area contributed by atoms with Crippen molar-refractivity contribution in [2.75, 3.05) is 11.3 Å². The topological polar surface area (TPSA) is 114 Å². The summed E-state index contributed by atoms with van der Waals surface area (Å²) >= 11 is 11.8. The van der Waals surface area contributed by atoms with Crippen LogP contribution in [-0.2, 0) is 16.4 Å². The van der Waals surface area contributed by atoms with Crippen molar-refractivity contribution in [1.29, 1.82) is 0 Å². The Morgan fingerprint density at radius 2 is 1.87 bits per heavy atom. The van der Waals surface area contributed by atoms with Crippen molar-refractivity contribution >= 4 is 44.8 Å². The molecule has 3 aromatic rings. The highest BCUT2D eigenvalue weighted by Crippen LogP contribution is 2.26. The van der Waals surface area contributed by atoms with E-state index in [9.17, 15) is 13.2 Å². The van der Waals surface area contributed by atoms with Gasteiger partial charge in [-0.1, -0.05) is 28.4 Å². The van der Waals surface area contributed by atoms with E-state index in [1.165, 1.54) is 42.5 Å². The number of anilines is 1. The summed E-state index contributed by atoms with van der Waals surface area (Å²) in [5.41, 5.74) is 0.682. The zero-order chi connectivity index (χ0) is 21.7. The number of carbonyl (C=O) groups is 1. The Kier molecular flexibility index (Phi) is 6.96. The van der Waals surface area contributed by atoms with Gasteiger partial charge in [-0.25, -0.2) is 8.42 Å². The van der Waals surface area contributed by atoms with Crippen molar-refractivity contribution in [3.8, 4) is 0 Å². The van der Waals surface area contributed by atoms with Crippen molar-refractivity contribution in [2.24, 2.45) is 0 Å². The molecule has 0 aliphatic carbocycles. The fourth-order valence-corrected chi connectivity index (χ4v) is 4.39. The second-order valence-electron chi connectivity index (χ2n) is 6.35. The van der Waals surface area contributed by atoms with Gasteiger partial charge in [0.15, 0.2) is 5.82 Å². The van der Waals surface area contributed by atoms with Gasteiger partial charge in [0.2, 0.25) is 5.89 Å². The molecule has 2 N–H and O–H groups in total. The fraction of sp³-hybridized carbons (Fsp3) is 0.211. The number of nitrogens with one attached hydrogen (secondary N) is 2. The minimum Gasteiger partial charge on any atom is -0.352 e. The number of benzene rings is 2. The smallest absolute Gasteiger partial charge is 0.263 e. The normalized spacial score (nSPS) is 11.3. The highest BCUT2D eigenvalue weighted by Gasteiger charge is 2.19. The summed E-state index contributed by atoms with van der Waals surface area (Å²) < 4.78 is 32.5. The Labute approximate surface area is 183 Å². The maximum Gasteiger partial charge on any atom is 0.263 e. The number of aryl methyl sites for hydroxylation is 2. The van der Waals surface area contributed by atoms with Crippen molar-refractivity contribution < 1.29 is 17.7 Å². The van der Waals surface area contributed by atoms with E-state index >= 15 is 0 Å². The zero-order valence-electron chi connectivity index (χ0n) is 15.9. The van der Waals surface area contributed by atoms with Crippen LogP contribution in [0.5, 0.6) is 0 Å². The van der Waals surface area contributed by atoms with Crippen LogP contribution in [0.15, 0.2) is 51.9 Å². The predicted octanol–water partition coefficient (Wildman–Crippen LogP) is 3.85. The largest absolute Gasteiger partial charge is 0.352 e. The van der Waals surface area contributed by atoms with Crippen LogP contribution in [0.3, 0.4) is 0 Å². The number of rotatable bonds is 8. The molecule has 0 saturated carbocycles. The summed E-state index contributed by atoms with van der Waals surface area (Å²) in [7, 11) is -3.93. The molecule has 0 atom stereocenters. The summed E-state index contributed by atoms with van der Waals surface area (Å²) in [5, 5.41) is 6.79. The molecule has 0 unspecified atom stereocenters. The van der Waals surface area contributed by atoms with Gasteiger partial charge in [0.05, 0.1) is 5.02 Å². The van der Waals surface area contributed by atoms with Crippen LogP contribution in [0, 0.1) is 6.92 Å². The number of aromatic nitrogens is 2. The van der Waals surface area contributed by atoms with E-state index in [1.807, 2.05) is 0 Å². The van der Waals surface area contributed by atoms with Gasteiger partial charge in [-0.15, -0.1) is 0 Å². The number of carbonyl (C=O) groups excluding carboxylic acids is 1. The first kappa shape index (κ1) is 22.1. The van der Waals surface area contributed by atoms with Gasteiger partial charge >= 0.3 is 0 Å². The fourth-order valence-electron chi connectivity index (χ4n) is 2.57. The number of sulfonamides is 1. The minimum absolute atomic E-state index is 0.0542. The van der Waals surface area contributed by atoms with E-state index < -0.39 is 10.0 Å². The average molecular weight is 469 g/mol. The molecule has 0 radical (unpaired) electrons. The van der Waals surface area contributed by atoms with Crippen LogP contribution in [-0.4, -0.2) is 31.0 Å². The average Bonchev–Trinajstić information content (AvgIpc) is 3.12. The lowest BCUT2D eigenvalue weighted by Crippen LogP contribution is -2.24. The van der Waals surface area contributed by atoms with E-state index in [0.29, 0.717) is 36.7 Å². The Bertz CT molecular complexity index is 1150. The quantitative estimate of drug-likeness (QED) is 0.485. The molecule has 1 heterocycles. The number of nitrogens with zero attached hydrogens (tertiary/aromatic N) is 2. The molecule has 0 fully saturated rings. The summed E-state index contributed by atoms with van der Waals surface area (Å²) in [5.74, 6) is 0.824. The lowest BCUT2D eigenvalue weighted by molar-refractivity contribution is 0.0953. The molecule has 0 aliphatic heterocycles. The van der Waals surface area contributed by atoms with Gasteiger partial charge in [-0.3, -0.25) is 9.52 Å². The first-order chi connectivity index (χ1) is 14.2. The van der Waals surface area contributed by atoms with Crippen LogP contribution in [0.4, 0.5) is 5.69 Å². The number of hydrogen-bond donors (Lipinski definition) is 2. The van der Waals surface area contributed by atoms with Crippen molar-refractivity contribution in [2.45, 2.75) is 24.7 Å². The summed E-state index contributed by atoms with van der Waals surface area (Å²) in [4.78, 5) is 16.2. The SMILES string of the molecule is Cc1noc(CCCNC(=O)c2ccc(NS(=O)(=O)c3cc(Cl)ccc3Cl)cc2)n1. The molecule has 0 saturated heterocycles. The Morgan fingerprint density at radius 1 is 1.13 bits per heavy atom. The van der Waals surface area contributed by atoms with Gasteiger partial charge in [-0.2, -0.15) is 4.98 Å². The van der Waals surface area contributed by atoms with Gasteiger partial charge < -0.3 is 9.84 Å². The molecule has 3 rings (SSSR count). The second kappa shape index (κ2) is 9.46. The molecule has 0 spiro atoms. The number of halogens is 2. The van der Waals surface area contributed by atoms with Crippen molar-refractivity contribution in [3.63, 3.8) is 0 Å². The molecule has 8 nitrogen and oxygen atoms in total. The third-order valence-corrected chi connectivity index (χ3v) is 6.10. The van der Waals surface area contributed by atoms with Gasteiger partial charge in [-0.05, 0) is 55.8 Å². The molecule has 158 valence electrons. The third kappa shape index (κ3) is 5.71. The molecule has 11 heteroatoms. The van der Waals surface area contributed by atoms with Gasteiger partial charge in [0, 0.05) is 29.2 Å². The van der Waals surface area contributed by atoms with Crippen molar-refractivity contribution in [1.82, 2.24) is 15.5 Å². The Balaban J connectivity index is 1.56. The summed E-state index contributed by atoms with van der Waals surface area (Å²) in [6.07, 6.45) is 1.21. The standard InChI is InChI=1S/C19H18Cl2N4O4S/c1-12-23-18(29-24-12)3-2-10-22-19(26)13-4-7-15(8-5-13)25-30(27,28)17-11-14(20)6-9-16(17)21/h4-9,11,25H,2-3,10H2,1H3,(H,22,26). The second-order valence-corrected chi connectivity index (χ2v) is 8.85. The number of amides is 1. The van der Waals surface area contributed by atoms with Gasteiger partial charge in [0.25, 0.3) is 15.9 Å². The van der Waals surface area contributed by atoms with Crippen LogP contribution < -0.4 is 10.0 Å². The number of hydrogen-bond acceptors (Lipinski definition) is 6. The maximum absolute atomic E-state index is 12.5. The maximum atomic E-state index is 12.5. The molecule has 2 aromatic carbocycles. The van der Waals surface area contributed by atoms with E-state index in [1.54, 1.807) is 6.92 Å². The zero-order valence-corrected chi connectivity index (χ0v) is 18.2. The Hall–Kier alpha value is -2.62. The van der Waals surface area contributed by atoms with E-state index in [2.05, 4.69) is 20.2 Å². The lowest BCUT2D eigenvalue weighted by atomic mass is 10.2. The lowest BCUT2D eigenvalue weighted by Gasteiger charge is -2.10. The van der Waals surface area contributed by atoms with Gasteiger partial charge in [0.1, 0.15) is 4.90 Å². The monoisotopic (exact) mass is 468 g/mol. The predicted molar refractivity (Wildman–Crippen MR) is 113 cm³/mol. The highest BCUT2D eigenvalue weighted by molar-refractivity contribution is 7.92. The van der Waals surface area contributed by atoms with Crippen molar-refractivity contribution in [3.05, 3.63) is 69.8 Å². The first-order valence-electron chi connectivity index (χ1n) is 8.90. The molecule has 1 aromatic heterocycles. The Morgan fingerprint density at radius 3 is 2.53 bits per heavy atom. The third-order valence-electron chi connectivity index (χ3n) is 4.00. The molecule has 1 amide bonds. The molecular formula is C19H18Cl2N4O4S.